The number of halogens is 1. The maximum Gasteiger partial charge on any atom is 0.267 e. The van der Waals surface area contributed by atoms with Crippen LogP contribution in [0.15, 0.2) is 46.7 Å². The molecular weight excluding hydrogens is 459 g/mol. The molecule has 1 heterocycles. The molecule has 4 rings (SSSR count). The van der Waals surface area contributed by atoms with E-state index in [2.05, 4.69) is 30.0 Å². The molecule has 1 aliphatic rings. The molecule has 33 heavy (non-hydrogen) atoms. The Kier molecular flexibility index (Phi) is 6.59. The first-order chi connectivity index (χ1) is 15.7. The van der Waals surface area contributed by atoms with E-state index in [0.717, 1.165) is 40.3 Å². The SMILES string of the molecule is Cc1cc(C)c(C2CCCC2)c(C)c1NC(=O)c1sccc1NS(=O)(=O)c1ccc(F)cc1. The largest absolute Gasteiger partial charge is 0.321 e. The van der Waals surface area contributed by atoms with E-state index in [-0.39, 0.29) is 21.4 Å². The van der Waals surface area contributed by atoms with Gasteiger partial charge in [0.05, 0.1) is 10.6 Å². The van der Waals surface area contributed by atoms with Gasteiger partial charge < -0.3 is 5.32 Å². The molecule has 1 amide bonds. The number of amides is 1. The summed E-state index contributed by atoms with van der Waals surface area (Å²) in [6.45, 7) is 6.15. The molecule has 5 nitrogen and oxygen atoms in total. The zero-order valence-electron chi connectivity index (χ0n) is 18.9. The Morgan fingerprint density at radius 2 is 1.70 bits per heavy atom. The van der Waals surface area contributed by atoms with Crippen LogP contribution in [-0.2, 0) is 10.0 Å². The van der Waals surface area contributed by atoms with Gasteiger partial charge in [0.2, 0.25) is 0 Å². The zero-order valence-corrected chi connectivity index (χ0v) is 20.5. The first kappa shape index (κ1) is 23.4. The lowest BCUT2D eigenvalue weighted by atomic mass is 9.87. The van der Waals surface area contributed by atoms with E-state index in [1.54, 1.807) is 11.4 Å². The standard InChI is InChI=1S/C25H27FN2O3S2/c1-15-14-16(2)23(17(3)22(15)18-6-4-5-7-18)27-25(29)24-21(12-13-32-24)28-33(30,31)20-10-8-19(26)9-11-20/h8-14,18,28H,4-7H2,1-3H3,(H,27,29). The number of nitrogens with one attached hydrogen (secondary N) is 2. The van der Waals surface area contributed by atoms with Crippen LogP contribution >= 0.6 is 11.3 Å². The third-order valence-corrected chi connectivity index (χ3v) is 8.57. The summed E-state index contributed by atoms with van der Waals surface area (Å²) in [4.78, 5) is 13.4. The van der Waals surface area contributed by atoms with Gasteiger partial charge in [-0.15, -0.1) is 11.3 Å². The molecule has 1 aromatic heterocycles. The number of aryl methyl sites for hydroxylation is 2. The topological polar surface area (TPSA) is 75.3 Å². The third kappa shape index (κ3) is 4.82. The smallest absolute Gasteiger partial charge is 0.267 e. The van der Waals surface area contributed by atoms with Crippen molar-refractivity contribution in [3.05, 3.63) is 74.7 Å². The van der Waals surface area contributed by atoms with Gasteiger partial charge in [0, 0.05) is 5.69 Å². The molecule has 0 bridgehead atoms. The van der Waals surface area contributed by atoms with Gasteiger partial charge in [0.15, 0.2) is 0 Å². The van der Waals surface area contributed by atoms with Crippen LogP contribution in [-0.4, -0.2) is 14.3 Å². The second kappa shape index (κ2) is 9.27. The summed E-state index contributed by atoms with van der Waals surface area (Å²) < 4.78 is 41.1. The molecule has 0 aliphatic heterocycles. The summed E-state index contributed by atoms with van der Waals surface area (Å²) in [6, 6.07) is 8.21. The lowest BCUT2D eigenvalue weighted by Gasteiger charge is -2.22. The van der Waals surface area contributed by atoms with Crippen LogP contribution in [0.4, 0.5) is 15.8 Å². The summed E-state index contributed by atoms with van der Waals surface area (Å²) >= 11 is 1.16. The number of carbonyl (C=O) groups is 1. The Hall–Kier alpha value is -2.71. The van der Waals surface area contributed by atoms with Crippen LogP contribution in [0.1, 0.15) is 63.5 Å². The number of hydrogen-bond acceptors (Lipinski definition) is 4. The Bertz CT molecular complexity index is 1290. The molecule has 0 spiro atoms. The van der Waals surface area contributed by atoms with Crippen LogP contribution < -0.4 is 10.0 Å². The highest BCUT2D eigenvalue weighted by atomic mass is 32.2. The summed E-state index contributed by atoms with van der Waals surface area (Å²) in [6.07, 6.45) is 4.79. The number of benzene rings is 2. The minimum atomic E-state index is -3.96. The average molecular weight is 487 g/mol. The quantitative estimate of drug-likeness (QED) is 0.416. The van der Waals surface area contributed by atoms with Gasteiger partial charge in [-0.3, -0.25) is 9.52 Å². The first-order valence-corrected chi connectivity index (χ1v) is 13.3. The number of sulfonamides is 1. The molecule has 2 N–H and O–H groups in total. The maximum atomic E-state index is 13.2. The van der Waals surface area contributed by atoms with Crippen LogP contribution in [0.25, 0.3) is 0 Å². The molecule has 2 aromatic carbocycles. The van der Waals surface area contributed by atoms with Gasteiger partial charge in [-0.2, -0.15) is 0 Å². The van der Waals surface area contributed by atoms with Crippen molar-refractivity contribution in [2.24, 2.45) is 0 Å². The van der Waals surface area contributed by atoms with Crippen LogP contribution in [0.5, 0.6) is 0 Å². The fraction of sp³-hybridized carbons (Fsp3) is 0.320. The molecule has 0 saturated heterocycles. The lowest BCUT2D eigenvalue weighted by molar-refractivity contribution is 0.103. The molecule has 8 heteroatoms. The van der Waals surface area contributed by atoms with Gasteiger partial charge in [-0.1, -0.05) is 18.9 Å². The Morgan fingerprint density at radius 3 is 2.36 bits per heavy atom. The van der Waals surface area contributed by atoms with E-state index in [1.807, 2.05) is 6.92 Å². The maximum absolute atomic E-state index is 13.2. The van der Waals surface area contributed by atoms with Crippen LogP contribution in [0.2, 0.25) is 0 Å². The molecule has 3 aromatic rings. The average Bonchev–Trinajstić information content (AvgIpc) is 3.43. The molecule has 1 aliphatic carbocycles. The van der Waals surface area contributed by atoms with Crippen molar-refractivity contribution in [3.63, 3.8) is 0 Å². The first-order valence-electron chi connectivity index (χ1n) is 11.0. The lowest BCUT2D eigenvalue weighted by Crippen LogP contribution is -2.18. The summed E-state index contributed by atoms with van der Waals surface area (Å²) in [5, 5.41) is 4.70. The highest BCUT2D eigenvalue weighted by Gasteiger charge is 2.25. The number of thiophene rings is 1. The molecule has 1 saturated carbocycles. The second-order valence-electron chi connectivity index (χ2n) is 8.58. The Balaban J connectivity index is 1.60. The molecular formula is C25H27FN2O3S2. The van der Waals surface area contributed by atoms with Crippen molar-refractivity contribution in [1.29, 1.82) is 0 Å². The second-order valence-corrected chi connectivity index (χ2v) is 11.2. The van der Waals surface area contributed by atoms with Crippen molar-refractivity contribution < 1.29 is 17.6 Å². The predicted molar refractivity (Wildman–Crippen MR) is 131 cm³/mol. The highest BCUT2D eigenvalue weighted by Crippen LogP contribution is 2.41. The number of carbonyl (C=O) groups excluding carboxylic acids is 1. The van der Waals surface area contributed by atoms with E-state index in [4.69, 9.17) is 0 Å². The van der Waals surface area contributed by atoms with Crippen molar-refractivity contribution in [2.45, 2.75) is 57.3 Å². The Morgan fingerprint density at radius 1 is 1.03 bits per heavy atom. The van der Waals surface area contributed by atoms with Gasteiger partial charge >= 0.3 is 0 Å². The summed E-state index contributed by atoms with van der Waals surface area (Å²) in [5.41, 5.74) is 5.60. The van der Waals surface area contributed by atoms with E-state index < -0.39 is 15.8 Å². The predicted octanol–water partition coefficient (Wildman–Crippen LogP) is 6.52. The van der Waals surface area contributed by atoms with Crippen LogP contribution in [0, 0.1) is 26.6 Å². The molecule has 1 fully saturated rings. The molecule has 0 atom stereocenters. The van der Waals surface area contributed by atoms with E-state index in [9.17, 15) is 17.6 Å². The zero-order chi connectivity index (χ0) is 23.8. The number of hydrogen-bond donors (Lipinski definition) is 2. The summed E-state index contributed by atoms with van der Waals surface area (Å²) in [5.74, 6) is -0.374. The highest BCUT2D eigenvalue weighted by molar-refractivity contribution is 7.92. The van der Waals surface area contributed by atoms with Gasteiger partial charge in [-0.05, 0) is 97.5 Å². The van der Waals surface area contributed by atoms with Gasteiger partial charge in [-0.25, -0.2) is 12.8 Å². The molecule has 0 radical (unpaired) electrons. The fourth-order valence-corrected chi connectivity index (χ4v) is 6.67. The normalized spacial score (nSPS) is 14.4. The van der Waals surface area contributed by atoms with Crippen molar-refractivity contribution in [2.75, 3.05) is 10.0 Å². The van der Waals surface area contributed by atoms with Crippen molar-refractivity contribution in [1.82, 2.24) is 0 Å². The van der Waals surface area contributed by atoms with Gasteiger partial charge in [0.1, 0.15) is 10.7 Å². The monoisotopic (exact) mass is 486 g/mol. The molecule has 0 unspecified atom stereocenters. The number of rotatable bonds is 6. The summed E-state index contributed by atoms with van der Waals surface area (Å²) in [7, 11) is -3.96. The van der Waals surface area contributed by atoms with E-state index >= 15 is 0 Å². The van der Waals surface area contributed by atoms with E-state index in [1.165, 1.54) is 48.9 Å². The van der Waals surface area contributed by atoms with Crippen molar-refractivity contribution in [3.8, 4) is 0 Å². The van der Waals surface area contributed by atoms with Crippen molar-refractivity contribution >= 4 is 38.6 Å². The number of anilines is 2. The van der Waals surface area contributed by atoms with Gasteiger partial charge in [0.25, 0.3) is 15.9 Å². The van der Waals surface area contributed by atoms with Crippen LogP contribution in [0.3, 0.4) is 0 Å². The van der Waals surface area contributed by atoms with E-state index in [0.29, 0.717) is 5.92 Å². The Labute approximate surface area is 198 Å². The third-order valence-electron chi connectivity index (χ3n) is 6.27. The minimum Gasteiger partial charge on any atom is -0.321 e. The molecule has 174 valence electrons. The fourth-order valence-electron chi connectivity index (χ4n) is 4.79. The minimum absolute atomic E-state index is 0.0760.